The van der Waals surface area contributed by atoms with Gasteiger partial charge in [-0.2, -0.15) is 0 Å². The van der Waals surface area contributed by atoms with Crippen LogP contribution in [0.1, 0.15) is 18.4 Å². The molecule has 1 fully saturated rings. The molecule has 0 radical (unpaired) electrons. The minimum Gasteiger partial charge on any atom is -0.350 e. The minimum atomic E-state index is -0.0424. The Morgan fingerprint density at radius 1 is 1.19 bits per heavy atom. The molecule has 0 unspecified atom stereocenters. The van der Waals surface area contributed by atoms with E-state index in [1.165, 1.54) is 0 Å². The zero-order valence-electron chi connectivity index (χ0n) is 8.91. The first-order chi connectivity index (χ1) is 7.84. The Bertz CT molecular complexity index is 383. The van der Waals surface area contributed by atoms with Crippen LogP contribution in [-0.4, -0.2) is 19.5 Å². The normalized spacial score (nSPS) is 15.8. The molecule has 0 aromatic heterocycles. The zero-order valence-corrected chi connectivity index (χ0v) is 10.5. The van der Waals surface area contributed by atoms with Gasteiger partial charge < -0.3 is 9.47 Å². The van der Waals surface area contributed by atoms with E-state index >= 15 is 0 Å². The smallest absolute Gasteiger partial charge is 0.158 e. The second-order valence-electron chi connectivity index (χ2n) is 3.52. The van der Waals surface area contributed by atoms with Crippen molar-refractivity contribution in [2.45, 2.75) is 19.1 Å². The summed E-state index contributed by atoms with van der Waals surface area (Å²) in [7, 11) is 0. The van der Waals surface area contributed by atoms with E-state index in [0.29, 0.717) is 13.2 Å². The second-order valence-corrected chi connectivity index (χ2v) is 4.43. The standard InChI is InChI=1S/C13H13BrO2/c14-12-7-5-11(6-8-12)3-1-2-4-13-15-9-10-16-13/h5-8,13H,2,4,9-10H2. The molecule has 2 nitrogen and oxygen atoms in total. The summed E-state index contributed by atoms with van der Waals surface area (Å²) in [4.78, 5) is 0. The molecule has 0 saturated carbocycles. The topological polar surface area (TPSA) is 18.5 Å². The first-order valence-corrected chi connectivity index (χ1v) is 6.11. The van der Waals surface area contributed by atoms with E-state index in [1.54, 1.807) is 0 Å². The van der Waals surface area contributed by atoms with E-state index < -0.39 is 0 Å². The van der Waals surface area contributed by atoms with Crippen LogP contribution in [0, 0.1) is 11.8 Å². The average Bonchev–Trinajstić information content (AvgIpc) is 2.80. The van der Waals surface area contributed by atoms with Crippen LogP contribution in [0.2, 0.25) is 0 Å². The van der Waals surface area contributed by atoms with Gasteiger partial charge >= 0.3 is 0 Å². The highest BCUT2D eigenvalue weighted by Gasteiger charge is 2.13. The number of ether oxygens (including phenoxy) is 2. The van der Waals surface area contributed by atoms with Crippen LogP contribution in [-0.2, 0) is 9.47 Å². The molecule has 0 N–H and O–H groups in total. The lowest BCUT2D eigenvalue weighted by atomic mass is 10.2. The summed E-state index contributed by atoms with van der Waals surface area (Å²) >= 11 is 3.39. The van der Waals surface area contributed by atoms with Crippen LogP contribution in [0.4, 0.5) is 0 Å². The number of benzene rings is 1. The SMILES string of the molecule is Brc1ccc(C#CCCC2OCCO2)cc1. The molecule has 0 aliphatic carbocycles. The largest absolute Gasteiger partial charge is 0.350 e. The number of halogens is 1. The van der Waals surface area contributed by atoms with E-state index in [0.717, 1.165) is 22.9 Å². The second kappa shape index (κ2) is 6.05. The van der Waals surface area contributed by atoms with Gasteiger partial charge in [0, 0.05) is 22.9 Å². The molecule has 0 atom stereocenters. The average molecular weight is 281 g/mol. The fourth-order valence-electron chi connectivity index (χ4n) is 1.46. The van der Waals surface area contributed by atoms with Crippen LogP contribution in [0.3, 0.4) is 0 Å². The summed E-state index contributed by atoms with van der Waals surface area (Å²) < 4.78 is 11.7. The van der Waals surface area contributed by atoms with Gasteiger partial charge in [-0.25, -0.2) is 0 Å². The van der Waals surface area contributed by atoms with Gasteiger partial charge in [-0.3, -0.25) is 0 Å². The maximum absolute atomic E-state index is 5.32. The van der Waals surface area contributed by atoms with Gasteiger partial charge in [0.1, 0.15) is 0 Å². The van der Waals surface area contributed by atoms with Crippen molar-refractivity contribution in [3.63, 3.8) is 0 Å². The van der Waals surface area contributed by atoms with Crippen molar-refractivity contribution in [2.75, 3.05) is 13.2 Å². The highest BCUT2D eigenvalue weighted by molar-refractivity contribution is 9.10. The highest BCUT2D eigenvalue weighted by atomic mass is 79.9. The van der Waals surface area contributed by atoms with E-state index in [1.807, 2.05) is 24.3 Å². The van der Waals surface area contributed by atoms with E-state index in [4.69, 9.17) is 9.47 Å². The van der Waals surface area contributed by atoms with Gasteiger partial charge in [0.15, 0.2) is 6.29 Å². The van der Waals surface area contributed by atoms with Crippen LogP contribution in [0.15, 0.2) is 28.7 Å². The van der Waals surface area contributed by atoms with Crippen molar-refractivity contribution in [3.8, 4) is 11.8 Å². The van der Waals surface area contributed by atoms with E-state index in [2.05, 4.69) is 27.8 Å². The molecule has 84 valence electrons. The lowest BCUT2D eigenvalue weighted by molar-refractivity contribution is -0.0453. The Morgan fingerprint density at radius 2 is 1.88 bits per heavy atom. The highest BCUT2D eigenvalue weighted by Crippen LogP contribution is 2.11. The maximum Gasteiger partial charge on any atom is 0.158 e. The predicted octanol–water partition coefficient (Wildman–Crippen LogP) is 2.95. The van der Waals surface area contributed by atoms with Gasteiger partial charge in [0.25, 0.3) is 0 Å². The molecular weight excluding hydrogens is 268 g/mol. The molecule has 16 heavy (non-hydrogen) atoms. The summed E-state index contributed by atoms with van der Waals surface area (Å²) in [6.45, 7) is 1.43. The van der Waals surface area contributed by atoms with Crippen molar-refractivity contribution >= 4 is 15.9 Å². The fraction of sp³-hybridized carbons (Fsp3) is 0.385. The molecule has 1 heterocycles. The lowest BCUT2D eigenvalue weighted by Crippen LogP contribution is -2.05. The molecule has 0 bridgehead atoms. The van der Waals surface area contributed by atoms with Gasteiger partial charge in [-0.05, 0) is 24.3 Å². The van der Waals surface area contributed by atoms with Gasteiger partial charge in [-0.1, -0.05) is 27.8 Å². The number of hydrogen-bond donors (Lipinski definition) is 0. The first-order valence-electron chi connectivity index (χ1n) is 5.32. The monoisotopic (exact) mass is 280 g/mol. The van der Waals surface area contributed by atoms with Crippen molar-refractivity contribution in [1.29, 1.82) is 0 Å². The van der Waals surface area contributed by atoms with Crippen molar-refractivity contribution in [3.05, 3.63) is 34.3 Å². The Morgan fingerprint density at radius 3 is 2.56 bits per heavy atom. The minimum absolute atomic E-state index is 0.0424. The lowest BCUT2D eigenvalue weighted by Gasteiger charge is -2.04. The first kappa shape index (κ1) is 11.7. The Hall–Kier alpha value is -0.820. The van der Waals surface area contributed by atoms with Crippen LogP contribution in [0.25, 0.3) is 0 Å². The fourth-order valence-corrected chi connectivity index (χ4v) is 1.73. The van der Waals surface area contributed by atoms with Crippen LogP contribution < -0.4 is 0 Å². The van der Waals surface area contributed by atoms with Crippen LogP contribution in [0.5, 0.6) is 0 Å². The number of rotatable bonds is 2. The third kappa shape index (κ3) is 3.64. The Labute approximate surface area is 104 Å². The van der Waals surface area contributed by atoms with E-state index in [-0.39, 0.29) is 6.29 Å². The molecule has 1 aliphatic rings. The molecule has 3 heteroatoms. The Kier molecular flexibility index (Phi) is 4.41. The quantitative estimate of drug-likeness (QED) is 0.776. The van der Waals surface area contributed by atoms with Crippen molar-refractivity contribution in [1.82, 2.24) is 0 Å². The summed E-state index contributed by atoms with van der Waals surface area (Å²) in [6.07, 6.45) is 1.61. The summed E-state index contributed by atoms with van der Waals surface area (Å²) in [5.74, 6) is 6.24. The zero-order chi connectivity index (χ0) is 11.2. The van der Waals surface area contributed by atoms with Gasteiger partial charge in [-0.15, -0.1) is 0 Å². The maximum atomic E-state index is 5.32. The van der Waals surface area contributed by atoms with Crippen molar-refractivity contribution in [2.24, 2.45) is 0 Å². The molecular formula is C13H13BrO2. The molecule has 1 aliphatic heterocycles. The summed E-state index contributed by atoms with van der Waals surface area (Å²) in [5.41, 5.74) is 1.04. The molecule has 0 amide bonds. The third-order valence-corrected chi connectivity index (χ3v) is 2.80. The third-order valence-electron chi connectivity index (χ3n) is 2.27. The van der Waals surface area contributed by atoms with Gasteiger partial charge in [0.05, 0.1) is 13.2 Å². The number of hydrogen-bond acceptors (Lipinski definition) is 2. The predicted molar refractivity (Wildman–Crippen MR) is 65.9 cm³/mol. The molecule has 1 saturated heterocycles. The molecule has 1 aromatic carbocycles. The summed E-state index contributed by atoms with van der Waals surface area (Å²) in [5, 5.41) is 0. The Balaban J connectivity index is 1.78. The van der Waals surface area contributed by atoms with Crippen molar-refractivity contribution < 1.29 is 9.47 Å². The van der Waals surface area contributed by atoms with Gasteiger partial charge in [0.2, 0.25) is 0 Å². The van der Waals surface area contributed by atoms with E-state index in [9.17, 15) is 0 Å². The van der Waals surface area contributed by atoms with Crippen LogP contribution >= 0.6 is 15.9 Å². The molecule has 0 spiro atoms. The molecule has 2 rings (SSSR count). The summed E-state index contributed by atoms with van der Waals surface area (Å²) in [6, 6.07) is 7.99. The molecule has 1 aromatic rings.